The molecule has 1 unspecified atom stereocenters. The van der Waals surface area contributed by atoms with E-state index in [0.29, 0.717) is 0 Å². The standard InChI is InChI=1S/C6H5NO4/c1-2(8)3-4(9)6(11)7-5(3)10/h3H,1H3,(H,7,10,11). The molecule has 5 heteroatoms. The van der Waals surface area contributed by atoms with Crippen LogP contribution in [0.5, 0.6) is 0 Å². The Kier molecular flexibility index (Phi) is 1.56. The minimum absolute atomic E-state index is 0.599. The molecule has 1 saturated heterocycles. The topological polar surface area (TPSA) is 80.3 Å². The molecule has 0 spiro atoms. The van der Waals surface area contributed by atoms with Crippen LogP contribution >= 0.6 is 0 Å². The third-order valence-electron chi connectivity index (χ3n) is 1.39. The second-order valence-electron chi connectivity index (χ2n) is 2.23. The van der Waals surface area contributed by atoms with Crippen LogP contribution in [0.15, 0.2) is 0 Å². The quantitative estimate of drug-likeness (QED) is 0.281. The van der Waals surface area contributed by atoms with Gasteiger partial charge in [0.25, 0.3) is 5.91 Å². The van der Waals surface area contributed by atoms with Gasteiger partial charge in [-0.15, -0.1) is 0 Å². The van der Waals surface area contributed by atoms with Crippen LogP contribution in [0, 0.1) is 5.92 Å². The van der Waals surface area contributed by atoms with Crippen molar-refractivity contribution in [1.82, 2.24) is 5.32 Å². The highest BCUT2D eigenvalue weighted by molar-refractivity contribution is 6.52. The third kappa shape index (κ3) is 1.04. The summed E-state index contributed by atoms with van der Waals surface area (Å²) in [5, 5.41) is 1.75. The maximum absolute atomic E-state index is 10.7. The van der Waals surface area contributed by atoms with Gasteiger partial charge in [0.2, 0.25) is 11.7 Å². The summed E-state index contributed by atoms with van der Waals surface area (Å²) in [6, 6.07) is 0. The van der Waals surface area contributed by atoms with Crippen LogP contribution in [0.25, 0.3) is 0 Å². The van der Waals surface area contributed by atoms with Crippen molar-refractivity contribution in [2.24, 2.45) is 5.92 Å². The van der Waals surface area contributed by atoms with E-state index in [9.17, 15) is 19.2 Å². The van der Waals surface area contributed by atoms with E-state index in [4.69, 9.17) is 0 Å². The van der Waals surface area contributed by atoms with Gasteiger partial charge < -0.3 is 0 Å². The molecule has 11 heavy (non-hydrogen) atoms. The number of hydrogen-bond acceptors (Lipinski definition) is 4. The van der Waals surface area contributed by atoms with Crippen molar-refractivity contribution in [3.63, 3.8) is 0 Å². The van der Waals surface area contributed by atoms with Crippen LogP contribution in [0.4, 0.5) is 0 Å². The zero-order valence-corrected chi connectivity index (χ0v) is 5.71. The van der Waals surface area contributed by atoms with Gasteiger partial charge in [0.1, 0.15) is 5.78 Å². The van der Waals surface area contributed by atoms with Crippen molar-refractivity contribution >= 4 is 23.4 Å². The maximum atomic E-state index is 10.7. The second-order valence-corrected chi connectivity index (χ2v) is 2.23. The van der Waals surface area contributed by atoms with Crippen LogP contribution in [-0.2, 0) is 19.2 Å². The summed E-state index contributed by atoms with van der Waals surface area (Å²) >= 11 is 0. The average Bonchev–Trinajstić information content (AvgIpc) is 2.07. The summed E-state index contributed by atoms with van der Waals surface area (Å²) < 4.78 is 0. The first-order chi connectivity index (χ1) is 5.04. The summed E-state index contributed by atoms with van der Waals surface area (Å²) in [7, 11) is 0. The average molecular weight is 155 g/mol. The molecule has 0 aromatic heterocycles. The van der Waals surface area contributed by atoms with Gasteiger partial charge in [-0.1, -0.05) is 0 Å². The van der Waals surface area contributed by atoms with Gasteiger partial charge in [-0.2, -0.15) is 0 Å². The van der Waals surface area contributed by atoms with Gasteiger partial charge in [0.15, 0.2) is 5.92 Å². The van der Waals surface area contributed by atoms with Crippen LogP contribution < -0.4 is 5.32 Å². The number of Topliss-reactive ketones (excluding diaryl/α,β-unsaturated/α-hetero) is 2. The second kappa shape index (κ2) is 2.26. The van der Waals surface area contributed by atoms with Gasteiger partial charge >= 0.3 is 0 Å². The first-order valence-corrected chi connectivity index (χ1v) is 2.93. The van der Waals surface area contributed by atoms with E-state index in [1.54, 1.807) is 5.32 Å². The number of nitrogens with one attached hydrogen (secondary N) is 1. The molecule has 58 valence electrons. The van der Waals surface area contributed by atoms with E-state index in [1.807, 2.05) is 0 Å². The number of carbonyl (C=O) groups is 4. The van der Waals surface area contributed by atoms with E-state index >= 15 is 0 Å². The van der Waals surface area contributed by atoms with Crippen molar-refractivity contribution in [2.75, 3.05) is 0 Å². The molecule has 1 aliphatic heterocycles. The molecule has 1 heterocycles. The Balaban J connectivity index is 2.98. The van der Waals surface area contributed by atoms with Gasteiger partial charge in [-0.3, -0.25) is 24.5 Å². The Bertz CT molecular complexity index is 268. The summed E-state index contributed by atoms with van der Waals surface area (Å²) in [5.74, 6) is -4.76. The molecule has 1 atom stereocenters. The molecule has 0 radical (unpaired) electrons. The molecule has 1 N–H and O–H groups in total. The van der Waals surface area contributed by atoms with Crippen LogP contribution in [0.2, 0.25) is 0 Å². The lowest BCUT2D eigenvalue weighted by Crippen LogP contribution is -2.25. The number of ketones is 2. The fourth-order valence-corrected chi connectivity index (χ4v) is 0.865. The van der Waals surface area contributed by atoms with Crippen molar-refractivity contribution in [3.05, 3.63) is 0 Å². The Hall–Kier alpha value is -1.52. The normalized spacial score (nSPS) is 23.7. The fraction of sp³-hybridized carbons (Fsp3) is 0.333. The first-order valence-electron chi connectivity index (χ1n) is 2.93. The SMILES string of the molecule is CC(=O)C1C(=O)NC(=O)C1=O. The number of imide groups is 1. The molecular formula is C6H5NO4. The van der Waals surface area contributed by atoms with Crippen molar-refractivity contribution in [1.29, 1.82) is 0 Å². The molecule has 2 amide bonds. The molecule has 1 rings (SSSR count). The van der Waals surface area contributed by atoms with Gasteiger partial charge in [-0.25, -0.2) is 0 Å². The highest BCUT2D eigenvalue weighted by atomic mass is 16.2. The lowest BCUT2D eigenvalue weighted by molar-refractivity contribution is -0.139. The molecule has 0 aromatic rings. The van der Waals surface area contributed by atoms with Gasteiger partial charge in [-0.05, 0) is 6.92 Å². The summed E-state index contributed by atoms with van der Waals surface area (Å²) in [6.45, 7) is 1.10. The number of carbonyl (C=O) groups excluding carboxylic acids is 4. The van der Waals surface area contributed by atoms with E-state index in [1.165, 1.54) is 0 Å². The minimum atomic E-state index is -1.40. The van der Waals surface area contributed by atoms with Crippen molar-refractivity contribution in [3.8, 4) is 0 Å². The zero-order chi connectivity index (χ0) is 8.59. The van der Waals surface area contributed by atoms with E-state index in [0.717, 1.165) is 6.92 Å². The summed E-state index contributed by atoms with van der Waals surface area (Å²) in [5.41, 5.74) is 0. The van der Waals surface area contributed by atoms with Gasteiger partial charge in [0, 0.05) is 0 Å². The number of hydrogen-bond donors (Lipinski definition) is 1. The Morgan fingerprint density at radius 3 is 2.09 bits per heavy atom. The molecular weight excluding hydrogens is 150 g/mol. The highest BCUT2D eigenvalue weighted by Crippen LogP contribution is 2.06. The lowest BCUT2D eigenvalue weighted by atomic mass is 10.0. The van der Waals surface area contributed by atoms with Crippen molar-refractivity contribution in [2.45, 2.75) is 6.92 Å². The molecule has 0 aliphatic carbocycles. The fourth-order valence-electron chi connectivity index (χ4n) is 0.865. The van der Waals surface area contributed by atoms with Crippen molar-refractivity contribution < 1.29 is 19.2 Å². The summed E-state index contributed by atoms with van der Waals surface area (Å²) in [6.07, 6.45) is 0. The predicted molar refractivity (Wildman–Crippen MR) is 32.3 cm³/mol. The Morgan fingerprint density at radius 2 is 1.91 bits per heavy atom. The largest absolute Gasteiger partial charge is 0.299 e. The summed E-state index contributed by atoms with van der Waals surface area (Å²) in [4.78, 5) is 42.4. The van der Waals surface area contributed by atoms with E-state index < -0.39 is 29.3 Å². The molecule has 1 aliphatic rings. The van der Waals surface area contributed by atoms with E-state index in [2.05, 4.69) is 0 Å². The number of rotatable bonds is 1. The lowest BCUT2D eigenvalue weighted by Gasteiger charge is -1.94. The highest BCUT2D eigenvalue weighted by Gasteiger charge is 2.42. The Morgan fingerprint density at radius 1 is 1.36 bits per heavy atom. The van der Waals surface area contributed by atoms with Crippen LogP contribution in [-0.4, -0.2) is 23.4 Å². The minimum Gasteiger partial charge on any atom is -0.299 e. The van der Waals surface area contributed by atoms with Crippen LogP contribution in [0.3, 0.4) is 0 Å². The number of amides is 2. The molecule has 0 saturated carbocycles. The zero-order valence-electron chi connectivity index (χ0n) is 5.71. The molecule has 0 aromatic carbocycles. The third-order valence-corrected chi connectivity index (χ3v) is 1.39. The maximum Gasteiger partial charge on any atom is 0.295 e. The van der Waals surface area contributed by atoms with Crippen LogP contribution in [0.1, 0.15) is 6.92 Å². The smallest absolute Gasteiger partial charge is 0.295 e. The first kappa shape index (κ1) is 7.59. The molecule has 1 fully saturated rings. The molecule has 0 bridgehead atoms. The monoisotopic (exact) mass is 155 g/mol. The van der Waals surface area contributed by atoms with Gasteiger partial charge in [0.05, 0.1) is 0 Å². The predicted octanol–water partition coefficient (Wildman–Crippen LogP) is -1.58. The van der Waals surface area contributed by atoms with E-state index in [-0.39, 0.29) is 0 Å². The molecule has 5 nitrogen and oxygen atoms in total. The Labute approximate surface area is 61.8 Å².